The van der Waals surface area contributed by atoms with Crippen LogP contribution in [-0.2, 0) is 12.8 Å². The fourth-order valence-corrected chi connectivity index (χ4v) is 1.90. The van der Waals surface area contributed by atoms with Gasteiger partial charge in [0.1, 0.15) is 0 Å². The van der Waals surface area contributed by atoms with Crippen LogP contribution >= 0.6 is 11.6 Å². The van der Waals surface area contributed by atoms with E-state index < -0.39 is 6.09 Å². The molecule has 0 radical (unpaired) electrons. The first-order chi connectivity index (χ1) is 7.09. The lowest BCUT2D eigenvalue weighted by atomic mass is 9.92. The molecule has 0 aromatic heterocycles. The minimum absolute atomic E-state index is 0.880. The molecule has 2 rings (SSSR count). The Bertz CT molecular complexity index is 348. The third kappa shape index (κ3) is 4.21. The van der Waals surface area contributed by atoms with E-state index in [1.54, 1.807) is 0 Å². The van der Waals surface area contributed by atoms with E-state index in [0.717, 1.165) is 5.02 Å². The molecule has 0 aliphatic heterocycles. The molecule has 1 aromatic rings. The first-order valence-electron chi connectivity index (χ1n) is 4.85. The highest BCUT2D eigenvalue weighted by Crippen LogP contribution is 2.23. The number of carboxylic acid groups (broad SMARTS) is 1. The van der Waals surface area contributed by atoms with Gasteiger partial charge in [-0.05, 0) is 48.9 Å². The van der Waals surface area contributed by atoms with Gasteiger partial charge in [0.05, 0.1) is 0 Å². The Morgan fingerprint density at radius 2 is 1.80 bits per heavy atom. The quantitative estimate of drug-likeness (QED) is 0.716. The molecular weight excluding hydrogens is 214 g/mol. The van der Waals surface area contributed by atoms with Crippen molar-refractivity contribution in [3.63, 3.8) is 0 Å². The third-order valence-corrected chi connectivity index (χ3v) is 2.55. The highest BCUT2D eigenvalue weighted by atomic mass is 35.5. The van der Waals surface area contributed by atoms with Crippen LogP contribution in [0, 0.1) is 0 Å². The molecule has 4 heteroatoms. The van der Waals surface area contributed by atoms with Gasteiger partial charge in [0.2, 0.25) is 0 Å². The first kappa shape index (κ1) is 11.9. The summed E-state index contributed by atoms with van der Waals surface area (Å²) >= 11 is 5.88. The molecule has 0 bridgehead atoms. The van der Waals surface area contributed by atoms with Crippen molar-refractivity contribution in [2.24, 2.45) is 5.73 Å². The molecular formula is C11H14ClNO2. The number of rotatable bonds is 0. The third-order valence-electron chi connectivity index (χ3n) is 2.31. The van der Waals surface area contributed by atoms with Gasteiger partial charge in [-0.1, -0.05) is 17.7 Å². The van der Waals surface area contributed by atoms with Gasteiger partial charge in [-0.25, -0.2) is 4.79 Å². The van der Waals surface area contributed by atoms with Crippen molar-refractivity contribution in [3.05, 3.63) is 34.3 Å². The van der Waals surface area contributed by atoms with E-state index in [1.807, 2.05) is 6.07 Å². The van der Waals surface area contributed by atoms with Crippen molar-refractivity contribution < 1.29 is 9.90 Å². The molecule has 0 atom stereocenters. The number of nitrogens with two attached hydrogens (primary N) is 1. The summed E-state index contributed by atoms with van der Waals surface area (Å²) in [6.45, 7) is 0. The Balaban J connectivity index is 0.000000245. The summed E-state index contributed by atoms with van der Waals surface area (Å²) in [7, 11) is 0. The van der Waals surface area contributed by atoms with E-state index in [4.69, 9.17) is 21.5 Å². The smallest absolute Gasteiger partial charge is 0.402 e. The van der Waals surface area contributed by atoms with Crippen molar-refractivity contribution >= 4 is 17.7 Å². The second-order valence-corrected chi connectivity index (χ2v) is 3.89. The van der Waals surface area contributed by atoms with Gasteiger partial charge >= 0.3 is 6.09 Å². The van der Waals surface area contributed by atoms with Gasteiger partial charge in [0, 0.05) is 5.02 Å². The fourth-order valence-electron chi connectivity index (χ4n) is 1.70. The first-order valence-corrected chi connectivity index (χ1v) is 5.23. The number of fused-ring (bicyclic) bond motifs is 1. The average Bonchev–Trinajstić information content (AvgIpc) is 2.16. The van der Waals surface area contributed by atoms with Crippen molar-refractivity contribution in [3.8, 4) is 0 Å². The van der Waals surface area contributed by atoms with Crippen LogP contribution in [0.1, 0.15) is 24.0 Å². The molecule has 0 saturated carbocycles. The van der Waals surface area contributed by atoms with Crippen molar-refractivity contribution in [2.45, 2.75) is 25.7 Å². The van der Waals surface area contributed by atoms with Crippen LogP contribution in [0.4, 0.5) is 4.79 Å². The molecule has 82 valence electrons. The van der Waals surface area contributed by atoms with Crippen LogP contribution in [0.15, 0.2) is 18.2 Å². The monoisotopic (exact) mass is 227 g/mol. The summed E-state index contributed by atoms with van der Waals surface area (Å²) in [6, 6.07) is 6.26. The second-order valence-electron chi connectivity index (χ2n) is 3.46. The molecule has 0 spiro atoms. The maximum Gasteiger partial charge on any atom is 0.402 e. The van der Waals surface area contributed by atoms with Crippen molar-refractivity contribution in [2.75, 3.05) is 0 Å². The second kappa shape index (κ2) is 5.61. The van der Waals surface area contributed by atoms with Gasteiger partial charge in [-0.3, -0.25) is 0 Å². The largest absolute Gasteiger partial charge is 0.465 e. The number of primary amides is 1. The molecule has 1 aromatic carbocycles. The molecule has 1 aliphatic rings. The van der Waals surface area contributed by atoms with E-state index in [1.165, 1.54) is 36.8 Å². The zero-order valence-electron chi connectivity index (χ0n) is 8.37. The Labute approximate surface area is 93.9 Å². The molecule has 0 heterocycles. The van der Waals surface area contributed by atoms with E-state index in [0.29, 0.717) is 0 Å². The maximum absolute atomic E-state index is 8.78. The van der Waals surface area contributed by atoms with Crippen LogP contribution in [0.25, 0.3) is 0 Å². The normalized spacial score (nSPS) is 13.4. The highest BCUT2D eigenvalue weighted by molar-refractivity contribution is 6.30. The van der Waals surface area contributed by atoms with Crippen LogP contribution in [0.3, 0.4) is 0 Å². The van der Waals surface area contributed by atoms with Crippen LogP contribution in [0.2, 0.25) is 5.02 Å². The standard InChI is InChI=1S/C10H11Cl.CH3NO2/c11-10-6-5-8-3-1-2-4-9(8)7-10;2-1(3)4/h5-7H,1-4H2;2H2,(H,3,4). The van der Waals surface area contributed by atoms with Gasteiger partial charge in [-0.2, -0.15) is 0 Å². The zero-order valence-corrected chi connectivity index (χ0v) is 9.13. The Morgan fingerprint density at radius 1 is 1.27 bits per heavy atom. The van der Waals surface area contributed by atoms with Gasteiger partial charge in [0.25, 0.3) is 0 Å². The molecule has 0 fully saturated rings. The predicted molar refractivity (Wildman–Crippen MR) is 60.3 cm³/mol. The SMILES string of the molecule is Clc1ccc2c(c1)CCCC2.NC(=O)O. The summed E-state index contributed by atoms with van der Waals surface area (Å²) < 4.78 is 0. The molecule has 1 amide bonds. The van der Waals surface area contributed by atoms with E-state index in [9.17, 15) is 0 Å². The summed E-state index contributed by atoms with van der Waals surface area (Å²) in [6.07, 6.45) is 3.80. The number of benzene rings is 1. The summed E-state index contributed by atoms with van der Waals surface area (Å²) in [5.74, 6) is 0. The average molecular weight is 228 g/mol. The number of amides is 1. The molecule has 0 unspecified atom stereocenters. The lowest BCUT2D eigenvalue weighted by molar-refractivity contribution is 0.205. The van der Waals surface area contributed by atoms with Gasteiger partial charge in [0.15, 0.2) is 0 Å². The Morgan fingerprint density at radius 3 is 2.40 bits per heavy atom. The molecule has 1 aliphatic carbocycles. The molecule has 3 nitrogen and oxygen atoms in total. The summed E-state index contributed by atoms with van der Waals surface area (Å²) in [4.78, 5) is 8.78. The maximum atomic E-state index is 8.78. The number of carbonyl (C=O) groups is 1. The Hall–Kier alpha value is -1.22. The van der Waals surface area contributed by atoms with E-state index in [2.05, 4.69) is 17.9 Å². The van der Waals surface area contributed by atoms with Crippen LogP contribution < -0.4 is 5.73 Å². The predicted octanol–water partition coefficient (Wildman–Crippen LogP) is 2.84. The van der Waals surface area contributed by atoms with Gasteiger partial charge < -0.3 is 10.8 Å². The molecule has 0 saturated heterocycles. The summed E-state index contributed by atoms with van der Waals surface area (Å²) in [5.41, 5.74) is 6.99. The minimum Gasteiger partial charge on any atom is -0.465 e. The molecule has 15 heavy (non-hydrogen) atoms. The van der Waals surface area contributed by atoms with Crippen molar-refractivity contribution in [1.82, 2.24) is 0 Å². The van der Waals surface area contributed by atoms with E-state index >= 15 is 0 Å². The number of aryl methyl sites for hydroxylation is 2. The van der Waals surface area contributed by atoms with E-state index in [-0.39, 0.29) is 0 Å². The number of halogens is 1. The highest BCUT2D eigenvalue weighted by Gasteiger charge is 2.07. The fraction of sp³-hybridized carbons (Fsp3) is 0.364. The molecule has 3 N–H and O–H groups in total. The van der Waals surface area contributed by atoms with Crippen molar-refractivity contribution in [1.29, 1.82) is 0 Å². The minimum atomic E-state index is -1.33. The number of hydrogen-bond acceptors (Lipinski definition) is 1. The van der Waals surface area contributed by atoms with Crippen LogP contribution in [-0.4, -0.2) is 11.2 Å². The number of hydrogen-bond donors (Lipinski definition) is 2. The van der Waals surface area contributed by atoms with Gasteiger partial charge in [-0.15, -0.1) is 0 Å². The lowest BCUT2D eigenvalue weighted by Crippen LogP contribution is -2.03. The Kier molecular flexibility index (Phi) is 4.43. The zero-order chi connectivity index (χ0) is 11.3. The van der Waals surface area contributed by atoms with Crippen LogP contribution in [0.5, 0.6) is 0 Å². The topological polar surface area (TPSA) is 63.3 Å². The lowest BCUT2D eigenvalue weighted by Gasteiger charge is -2.14. The summed E-state index contributed by atoms with van der Waals surface area (Å²) in [5, 5.41) is 8.07.